The van der Waals surface area contributed by atoms with E-state index < -0.39 is 12.7 Å². The standard InChI is InChI=1S/C21H22ClN7O4/c1-27-9-12(8-24-27)19-15(22)7-16-20(26-19)29(18-3-5-28(16)18)21(32)25-13-2-4-23-17(6-13)33-11-14(31)10-30/h2,4,6-9,14,18,30-31H,3,5,10-11H2,1H3,(H,23,25,32)/t14-,18?/m0/s1. The molecule has 3 aromatic heterocycles. The fraction of sp³-hybridized carbons (Fsp3) is 0.333. The van der Waals surface area contributed by atoms with Crippen LogP contribution in [0.5, 0.6) is 5.88 Å². The van der Waals surface area contributed by atoms with Gasteiger partial charge in [-0.15, -0.1) is 0 Å². The van der Waals surface area contributed by atoms with Crippen molar-refractivity contribution in [2.24, 2.45) is 7.05 Å². The molecule has 1 saturated heterocycles. The SMILES string of the molecule is Cn1cc(-c2nc3c(cc2Cl)N2CCC2N3C(=O)Nc2ccnc(OC[C@@H](O)CO)c2)cn1. The molecule has 2 aliphatic rings. The number of aryl methyl sites for hydroxylation is 1. The molecule has 0 radical (unpaired) electrons. The lowest BCUT2D eigenvalue weighted by atomic mass is 10.1. The van der Waals surface area contributed by atoms with Crippen molar-refractivity contribution in [3.63, 3.8) is 0 Å². The first kappa shape index (κ1) is 21.4. The molecular weight excluding hydrogens is 450 g/mol. The summed E-state index contributed by atoms with van der Waals surface area (Å²) in [6.45, 7) is 0.284. The number of pyridine rings is 2. The molecule has 3 N–H and O–H groups in total. The van der Waals surface area contributed by atoms with Gasteiger partial charge in [0.15, 0.2) is 5.82 Å². The van der Waals surface area contributed by atoms with E-state index in [1.165, 1.54) is 6.20 Å². The van der Waals surface area contributed by atoms with Gasteiger partial charge >= 0.3 is 6.03 Å². The number of hydrogen-bond donors (Lipinski definition) is 3. The maximum atomic E-state index is 13.3. The first-order chi connectivity index (χ1) is 15.9. The number of nitrogens with zero attached hydrogens (tertiary/aromatic N) is 6. The smallest absolute Gasteiger partial charge is 0.329 e. The van der Waals surface area contributed by atoms with Crippen LogP contribution in [0.2, 0.25) is 5.02 Å². The molecule has 0 aromatic carbocycles. The summed E-state index contributed by atoms with van der Waals surface area (Å²) in [7, 11) is 1.81. The fourth-order valence-electron chi connectivity index (χ4n) is 3.88. The Morgan fingerprint density at radius 1 is 1.42 bits per heavy atom. The Labute approximate surface area is 194 Å². The average Bonchev–Trinajstić information content (AvgIpc) is 3.29. The third-order valence-corrected chi connectivity index (χ3v) is 5.87. The first-order valence-corrected chi connectivity index (χ1v) is 10.8. The highest BCUT2D eigenvalue weighted by Gasteiger charge is 2.46. The van der Waals surface area contributed by atoms with Crippen molar-refractivity contribution >= 4 is 34.8 Å². The lowest BCUT2D eigenvalue weighted by Crippen LogP contribution is -2.56. The molecule has 33 heavy (non-hydrogen) atoms. The average molecular weight is 472 g/mol. The van der Waals surface area contributed by atoms with Crippen molar-refractivity contribution in [2.45, 2.75) is 18.7 Å². The molecule has 0 aliphatic carbocycles. The van der Waals surface area contributed by atoms with E-state index in [0.717, 1.165) is 24.2 Å². The number of fused-ring (bicyclic) bond motifs is 3. The molecule has 0 spiro atoms. The minimum Gasteiger partial charge on any atom is -0.475 e. The quantitative estimate of drug-likeness (QED) is 0.496. The van der Waals surface area contributed by atoms with Crippen LogP contribution in [-0.2, 0) is 7.05 Å². The van der Waals surface area contributed by atoms with E-state index >= 15 is 0 Å². The zero-order valence-corrected chi connectivity index (χ0v) is 18.5. The molecule has 2 amide bonds. The Balaban J connectivity index is 1.40. The molecule has 1 unspecified atom stereocenters. The number of aromatic nitrogens is 4. The van der Waals surface area contributed by atoms with Crippen molar-refractivity contribution in [3.8, 4) is 17.1 Å². The number of anilines is 3. The number of amides is 2. The predicted octanol–water partition coefficient (Wildman–Crippen LogP) is 1.85. The monoisotopic (exact) mass is 471 g/mol. The van der Waals surface area contributed by atoms with Gasteiger partial charge in [0.1, 0.15) is 18.9 Å². The van der Waals surface area contributed by atoms with Crippen LogP contribution in [0.15, 0.2) is 36.8 Å². The molecule has 172 valence electrons. The van der Waals surface area contributed by atoms with Gasteiger partial charge in [-0.05, 0) is 12.1 Å². The van der Waals surface area contributed by atoms with E-state index in [0.29, 0.717) is 22.2 Å². The van der Waals surface area contributed by atoms with Gasteiger partial charge in [-0.3, -0.25) is 9.58 Å². The number of ether oxygens (including phenoxy) is 1. The Morgan fingerprint density at radius 3 is 2.97 bits per heavy atom. The van der Waals surface area contributed by atoms with Crippen LogP contribution >= 0.6 is 11.6 Å². The van der Waals surface area contributed by atoms with Gasteiger partial charge in [-0.25, -0.2) is 14.8 Å². The van der Waals surface area contributed by atoms with Crippen LogP contribution in [0.25, 0.3) is 11.3 Å². The summed E-state index contributed by atoms with van der Waals surface area (Å²) in [6, 6.07) is 4.69. The highest BCUT2D eigenvalue weighted by atomic mass is 35.5. The van der Waals surface area contributed by atoms with E-state index in [9.17, 15) is 9.90 Å². The van der Waals surface area contributed by atoms with E-state index in [4.69, 9.17) is 26.4 Å². The summed E-state index contributed by atoms with van der Waals surface area (Å²) >= 11 is 6.53. The van der Waals surface area contributed by atoms with Gasteiger partial charge in [0.2, 0.25) is 5.88 Å². The second-order valence-corrected chi connectivity index (χ2v) is 8.26. The van der Waals surface area contributed by atoms with Crippen LogP contribution in [0.3, 0.4) is 0 Å². The number of halogens is 1. The largest absolute Gasteiger partial charge is 0.475 e. The Bertz CT molecular complexity index is 1200. The van der Waals surface area contributed by atoms with Crippen LogP contribution in [0.4, 0.5) is 22.0 Å². The third kappa shape index (κ3) is 3.94. The second kappa shape index (κ2) is 8.50. The predicted molar refractivity (Wildman–Crippen MR) is 122 cm³/mol. The summed E-state index contributed by atoms with van der Waals surface area (Å²) in [5, 5.41) is 25.9. The number of carbonyl (C=O) groups is 1. The molecule has 1 fully saturated rings. The number of hydrogen-bond acceptors (Lipinski definition) is 8. The van der Waals surface area contributed by atoms with Crippen molar-refractivity contribution < 1.29 is 19.7 Å². The molecule has 3 aromatic rings. The topological polar surface area (TPSA) is 129 Å². The number of aliphatic hydroxyl groups excluding tert-OH is 2. The van der Waals surface area contributed by atoms with Gasteiger partial charge in [0.25, 0.3) is 0 Å². The van der Waals surface area contributed by atoms with E-state index in [2.05, 4.69) is 20.3 Å². The normalized spacial score (nSPS) is 17.3. The molecule has 0 saturated carbocycles. The molecule has 2 atom stereocenters. The number of rotatable bonds is 6. The van der Waals surface area contributed by atoms with Crippen LogP contribution < -0.4 is 19.9 Å². The minimum absolute atomic E-state index is 0.112. The summed E-state index contributed by atoms with van der Waals surface area (Å²) in [5.74, 6) is 0.756. The van der Waals surface area contributed by atoms with Gasteiger partial charge in [-0.1, -0.05) is 11.6 Å². The molecule has 11 nitrogen and oxygen atoms in total. The zero-order valence-electron chi connectivity index (χ0n) is 17.7. The summed E-state index contributed by atoms with van der Waals surface area (Å²) in [4.78, 5) is 25.8. The fourth-order valence-corrected chi connectivity index (χ4v) is 4.14. The molecule has 5 heterocycles. The Hall–Kier alpha value is -3.41. The summed E-state index contributed by atoms with van der Waals surface area (Å²) < 4.78 is 7.03. The van der Waals surface area contributed by atoms with Crippen LogP contribution in [0.1, 0.15) is 6.42 Å². The highest BCUT2D eigenvalue weighted by Crippen LogP contribution is 2.47. The van der Waals surface area contributed by atoms with Gasteiger partial charge < -0.3 is 25.2 Å². The van der Waals surface area contributed by atoms with Crippen LogP contribution in [-0.4, -0.2) is 68.0 Å². The summed E-state index contributed by atoms with van der Waals surface area (Å²) in [5.41, 5.74) is 2.62. The molecule has 2 aliphatic heterocycles. The molecule has 12 heteroatoms. The van der Waals surface area contributed by atoms with Crippen molar-refractivity contribution in [3.05, 3.63) is 41.8 Å². The third-order valence-electron chi connectivity index (χ3n) is 5.58. The number of urea groups is 1. The van der Waals surface area contributed by atoms with E-state index in [-0.39, 0.29) is 24.7 Å². The van der Waals surface area contributed by atoms with Crippen LogP contribution in [0, 0.1) is 0 Å². The summed E-state index contributed by atoms with van der Waals surface area (Å²) in [6.07, 6.45) is 4.66. The Morgan fingerprint density at radius 2 is 2.27 bits per heavy atom. The van der Waals surface area contributed by atoms with Crippen molar-refractivity contribution in [1.29, 1.82) is 0 Å². The maximum absolute atomic E-state index is 13.3. The number of nitrogens with one attached hydrogen (secondary N) is 1. The molecular formula is C21H22ClN7O4. The first-order valence-electron chi connectivity index (χ1n) is 10.4. The van der Waals surface area contributed by atoms with E-state index in [1.807, 2.05) is 19.3 Å². The maximum Gasteiger partial charge on any atom is 0.329 e. The molecule has 0 bridgehead atoms. The number of carbonyl (C=O) groups excluding carboxylic acids is 1. The van der Waals surface area contributed by atoms with E-state index in [1.54, 1.807) is 27.9 Å². The van der Waals surface area contributed by atoms with Crippen molar-refractivity contribution in [2.75, 3.05) is 34.9 Å². The van der Waals surface area contributed by atoms with Gasteiger partial charge in [0, 0.05) is 49.7 Å². The lowest BCUT2D eigenvalue weighted by Gasteiger charge is -2.39. The lowest BCUT2D eigenvalue weighted by molar-refractivity contribution is 0.0521. The number of aliphatic hydroxyl groups is 2. The van der Waals surface area contributed by atoms with Crippen molar-refractivity contribution in [1.82, 2.24) is 19.7 Å². The van der Waals surface area contributed by atoms with Gasteiger partial charge in [0.05, 0.1) is 29.2 Å². The molecule has 5 rings (SSSR count). The minimum atomic E-state index is -1.01. The van der Waals surface area contributed by atoms with Gasteiger partial charge in [-0.2, -0.15) is 5.10 Å². The highest BCUT2D eigenvalue weighted by molar-refractivity contribution is 6.33. The Kier molecular flexibility index (Phi) is 5.52. The zero-order chi connectivity index (χ0) is 23.1. The second-order valence-electron chi connectivity index (χ2n) is 7.86.